The molecule has 0 saturated carbocycles. The standard InChI is InChI=1S/C8H18N2O4S/c1-3-7(8(11)12)9-5-4-6-10-15(2,13)14/h7,9-10H,3-6H2,1-2H3,(H,11,12). The zero-order valence-electron chi connectivity index (χ0n) is 8.99. The number of carboxylic acid groups (broad SMARTS) is 1. The number of aliphatic carboxylic acids is 1. The van der Waals surface area contributed by atoms with Crippen molar-refractivity contribution in [1.29, 1.82) is 0 Å². The Bertz CT molecular complexity index is 289. The quantitative estimate of drug-likeness (QED) is 0.490. The molecule has 0 amide bonds. The molecule has 0 spiro atoms. The van der Waals surface area contributed by atoms with Crippen molar-refractivity contribution in [3.63, 3.8) is 0 Å². The summed E-state index contributed by atoms with van der Waals surface area (Å²) in [6.07, 6.45) is 2.16. The number of carboxylic acids is 1. The molecule has 0 radical (unpaired) electrons. The Morgan fingerprint density at radius 3 is 2.40 bits per heavy atom. The van der Waals surface area contributed by atoms with E-state index < -0.39 is 22.0 Å². The third-order valence-corrected chi connectivity index (χ3v) is 2.54. The summed E-state index contributed by atoms with van der Waals surface area (Å²) in [5.74, 6) is -0.881. The van der Waals surface area contributed by atoms with E-state index in [9.17, 15) is 13.2 Å². The Hall–Kier alpha value is -0.660. The van der Waals surface area contributed by atoms with Crippen LogP contribution in [0.2, 0.25) is 0 Å². The largest absolute Gasteiger partial charge is 0.480 e. The van der Waals surface area contributed by atoms with Crippen molar-refractivity contribution in [2.45, 2.75) is 25.8 Å². The first-order chi connectivity index (χ1) is 6.87. The summed E-state index contributed by atoms with van der Waals surface area (Å²) >= 11 is 0. The van der Waals surface area contributed by atoms with Gasteiger partial charge in [-0.15, -0.1) is 0 Å². The summed E-state index contributed by atoms with van der Waals surface area (Å²) < 4.78 is 23.7. The molecule has 0 aromatic heterocycles. The summed E-state index contributed by atoms with van der Waals surface area (Å²) in [5, 5.41) is 11.5. The fraction of sp³-hybridized carbons (Fsp3) is 0.875. The highest BCUT2D eigenvalue weighted by atomic mass is 32.2. The van der Waals surface area contributed by atoms with Crippen molar-refractivity contribution < 1.29 is 18.3 Å². The topological polar surface area (TPSA) is 95.5 Å². The van der Waals surface area contributed by atoms with Gasteiger partial charge >= 0.3 is 5.97 Å². The highest BCUT2D eigenvalue weighted by Gasteiger charge is 2.12. The van der Waals surface area contributed by atoms with Crippen molar-refractivity contribution in [2.75, 3.05) is 19.3 Å². The fourth-order valence-electron chi connectivity index (χ4n) is 1.03. The van der Waals surface area contributed by atoms with Gasteiger partial charge < -0.3 is 10.4 Å². The van der Waals surface area contributed by atoms with E-state index in [0.717, 1.165) is 6.26 Å². The van der Waals surface area contributed by atoms with Crippen LogP contribution >= 0.6 is 0 Å². The van der Waals surface area contributed by atoms with Gasteiger partial charge in [-0.1, -0.05) is 6.92 Å². The Labute approximate surface area is 90.1 Å². The SMILES string of the molecule is CCC(NCCCNS(C)(=O)=O)C(=O)O. The molecule has 0 fully saturated rings. The van der Waals surface area contributed by atoms with E-state index >= 15 is 0 Å². The van der Waals surface area contributed by atoms with Crippen molar-refractivity contribution in [3.8, 4) is 0 Å². The first-order valence-electron chi connectivity index (χ1n) is 4.77. The molecule has 0 aliphatic carbocycles. The summed E-state index contributed by atoms with van der Waals surface area (Å²) in [4.78, 5) is 10.6. The van der Waals surface area contributed by atoms with Gasteiger partial charge in [-0.2, -0.15) is 0 Å². The van der Waals surface area contributed by atoms with Crippen LogP contribution in [0.4, 0.5) is 0 Å². The van der Waals surface area contributed by atoms with Crippen LogP contribution in [0, 0.1) is 0 Å². The molecule has 0 bridgehead atoms. The highest BCUT2D eigenvalue weighted by molar-refractivity contribution is 7.88. The molecule has 0 aromatic carbocycles. The molecule has 90 valence electrons. The molecule has 0 aliphatic rings. The van der Waals surface area contributed by atoms with E-state index in [-0.39, 0.29) is 0 Å². The average molecular weight is 238 g/mol. The van der Waals surface area contributed by atoms with Crippen LogP contribution in [0.1, 0.15) is 19.8 Å². The number of carbonyl (C=O) groups is 1. The summed E-state index contributed by atoms with van der Waals surface area (Å²) in [5.41, 5.74) is 0. The number of nitrogens with one attached hydrogen (secondary N) is 2. The lowest BCUT2D eigenvalue weighted by molar-refractivity contribution is -0.139. The number of hydrogen-bond acceptors (Lipinski definition) is 4. The lowest BCUT2D eigenvalue weighted by Crippen LogP contribution is -2.37. The molecule has 1 atom stereocenters. The monoisotopic (exact) mass is 238 g/mol. The van der Waals surface area contributed by atoms with E-state index in [1.807, 2.05) is 0 Å². The molecule has 0 aliphatic heterocycles. The van der Waals surface area contributed by atoms with Crippen LogP contribution < -0.4 is 10.0 Å². The Morgan fingerprint density at radius 1 is 1.40 bits per heavy atom. The van der Waals surface area contributed by atoms with Crippen LogP contribution in [-0.4, -0.2) is 44.9 Å². The van der Waals surface area contributed by atoms with E-state index in [0.29, 0.717) is 25.9 Å². The summed E-state index contributed by atoms with van der Waals surface area (Å²) in [6, 6.07) is -0.553. The zero-order chi connectivity index (χ0) is 11.9. The molecule has 1 unspecified atom stereocenters. The van der Waals surface area contributed by atoms with Gasteiger partial charge in [0.1, 0.15) is 6.04 Å². The van der Waals surface area contributed by atoms with Crippen molar-refractivity contribution in [3.05, 3.63) is 0 Å². The normalized spacial score (nSPS) is 13.7. The lowest BCUT2D eigenvalue weighted by atomic mass is 10.2. The van der Waals surface area contributed by atoms with E-state index in [1.54, 1.807) is 6.92 Å². The van der Waals surface area contributed by atoms with E-state index in [4.69, 9.17) is 5.11 Å². The van der Waals surface area contributed by atoms with Gasteiger partial charge in [0.25, 0.3) is 0 Å². The second kappa shape index (κ2) is 6.76. The Balaban J connectivity index is 3.58. The first kappa shape index (κ1) is 14.3. The number of rotatable bonds is 8. The highest BCUT2D eigenvalue weighted by Crippen LogP contribution is 1.90. The van der Waals surface area contributed by atoms with Gasteiger partial charge in [-0.3, -0.25) is 4.79 Å². The molecule has 0 heterocycles. The first-order valence-corrected chi connectivity index (χ1v) is 6.66. The second-order valence-electron chi connectivity index (χ2n) is 3.27. The Kier molecular flexibility index (Phi) is 6.46. The van der Waals surface area contributed by atoms with Gasteiger partial charge in [0, 0.05) is 6.54 Å². The maximum atomic E-state index is 10.7. The molecule has 0 saturated heterocycles. The molecule has 15 heavy (non-hydrogen) atoms. The van der Waals surface area contributed by atoms with Crippen LogP contribution in [0.15, 0.2) is 0 Å². The van der Waals surface area contributed by atoms with Crippen LogP contribution in [0.3, 0.4) is 0 Å². The van der Waals surface area contributed by atoms with Gasteiger partial charge in [0.15, 0.2) is 0 Å². The zero-order valence-corrected chi connectivity index (χ0v) is 9.80. The van der Waals surface area contributed by atoms with Crippen molar-refractivity contribution in [2.24, 2.45) is 0 Å². The van der Waals surface area contributed by atoms with Gasteiger partial charge in [-0.05, 0) is 19.4 Å². The minimum absolute atomic E-state index is 0.321. The fourth-order valence-corrected chi connectivity index (χ4v) is 1.54. The minimum Gasteiger partial charge on any atom is -0.480 e. The summed E-state index contributed by atoms with van der Waals surface area (Å²) in [6.45, 7) is 2.58. The molecular weight excluding hydrogens is 220 g/mol. The molecule has 0 rings (SSSR count). The van der Waals surface area contributed by atoms with Gasteiger partial charge in [0.05, 0.1) is 6.26 Å². The molecule has 7 heteroatoms. The van der Waals surface area contributed by atoms with Gasteiger partial charge in [0.2, 0.25) is 10.0 Å². The van der Waals surface area contributed by atoms with Crippen molar-refractivity contribution >= 4 is 16.0 Å². The predicted octanol–water partition coefficient (Wildman–Crippen LogP) is -0.621. The van der Waals surface area contributed by atoms with Crippen LogP contribution in [-0.2, 0) is 14.8 Å². The summed E-state index contributed by atoms with van der Waals surface area (Å²) in [7, 11) is -3.14. The second-order valence-corrected chi connectivity index (χ2v) is 5.11. The number of sulfonamides is 1. The molecule has 6 nitrogen and oxygen atoms in total. The maximum Gasteiger partial charge on any atom is 0.320 e. The van der Waals surface area contributed by atoms with Crippen LogP contribution in [0.5, 0.6) is 0 Å². The number of hydrogen-bond donors (Lipinski definition) is 3. The third-order valence-electron chi connectivity index (χ3n) is 1.81. The third kappa shape index (κ3) is 8.34. The average Bonchev–Trinajstić information content (AvgIpc) is 2.08. The lowest BCUT2D eigenvalue weighted by Gasteiger charge is -2.11. The van der Waals surface area contributed by atoms with E-state index in [1.165, 1.54) is 0 Å². The molecule has 0 aromatic rings. The minimum atomic E-state index is -3.14. The maximum absolute atomic E-state index is 10.7. The van der Waals surface area contributed by atoms with Crippen LogP contribution in [0.25, 0.3) is 0 Å². The van der Waals surface area contributed by atoms with E-state index in [2.05, 4.69) is 10.0 Å². The van der Waals surface area contributed by atoms with Gasteiger partial charge in [-0.25, -0.2) is 13.1 Å². The van der Waals surface area contributed by atoms with Crippen molar-refractivity contribution in [1.82, 2.24) is 10.0 Å². The Morgan fingerprint density at radius 2 is 2.00 bits per heavy atom. The predicted molar refractivity (Wildman–Crippen MR) is 57.2 cm³/mol. The smallest absolute Gasteiger partial charge is 0.320 e. The molecular formula is C8H18N2O4S. The molecule has 3 N–H and O–H groups in total.